The third-order valence-electron chi connectivity index (χ3n) is 5.26. The Balaban J connectivity index is 3.08. The summed E-state index contributed by atoms with van der Waals surface area (Å²) in [5.41, 5.74) is 6.43. The maximum absolute atomic E-state index is 13.1. The quantitative estimate of drug-likeness (QED) is 0.250. The zero-order chi connectivity index (χ0) is 24.4. The molecule has 0 heterocycles. The van der Waals surface area contributed by atoms with Crippen LogP contribution in [-0.2, 0) is 25.6 Å². The molecule has 0 spiro atoms. The second kappa shape index (κ2) is 12.8. The van der Waals surface area contributed by atoms with E-state index in [0.29, 0.717) is 6.42 Å². The molecule has 10 nitrogen and oxygen atoms in total. The molecular formula is C22H34N4O6. The second-order valence-corrected chi connectivity index (χ2v) is 7.96. The van der Waals surface area contributed by atoms with Gasteiger partial charge >= 0.3 is 5.97 Å². The number of nitrogens with two attached hydrogens (primary N) is 1. The number of hydrogen-bond donors (Lipinski definition) is 6. The van der Waals surface area contributed by atoms with E-state index < -0.39 is 54.0 Å². The van der Waals surface area contributed by atoms with Crippen molar-refractivity contribution in [2.24, 2.45) is 11.7 Å². The Hall–Kier alpha value is -2.98. The molecule has 0 saturated carbocycles. The Morgan fingerprint density at radius 3 is 2.03 bits per heavy atom. The largest absolute Gasteiger partial charge is 0.480 e. The van der Waals surface area contributed by atoms with Crippen LogP contribution in [0.3, 0.4) is 0 Å². The number of carboxylic acids is 1. The number of carbonyl (C=O) groups excluding carboxylic acids is 3. The molecule has 32 heavy (non-hydrogen) atoms. The Morgan fingerprint density at radius 2 is 1.53 bits per heavy atom. The monoisotopic (exact) mass is 450 g/mol. The van der Waals surface area contributed by atoms with E-state index in [4.69, 9.17) is 10.8 Å². The summed E-state index contributed by atoms with van der Waals surface area (Å²) in [6, 6.07) is 4.51. The van der Waals surface area contributed by atoms with Crippen molar-refractivity contribution in [2.75, 3.05) is 0 Å². The number of carboxylic acid groups (broad SMARTS) is 1. The summed E-state index contributed by atoms with van der Waals surface area (Å²) in [6.07, 6.45) is -0.433. The van der Waals surface area contributed by atoms with E-state index in [0.717, 1.165) is 5.56 Å². The standard InChI is InChI=1S/C22H34N4O6/c1-5-12(2)18(26-20(29)17(23)14(4)27)21(30)25-16(11-15-9-7-6-8-10-15)19(28)24-13(3)22(31)32/h6-10,12-14,16-18,27H,5,11,23H2,1-4H3,(H,24,28)(H,25,30)(H,26,29)(H,31,32). The SMILES string of the molecule is CCC(C)C(NC(=O)C(N)C(C)O)C(=O)NC(Cc1ccccc1)C(=O)NC(C)C(=O)O. The highest BCUT2D eigenvalue weighted by molar-refractivity contribution is 5.94. The number of aliphatic hydroxyl groups excluding tert-OH is 1. The predicted octanol–water partition coefficient (Wildman–Crippen LogP) is -0.458. The minimum absolute atomic E-state index is 0.124. The lowest BCUT2D eigenvalue weighted by molar-refractivity contribution is -0.141. The zero-order valence-electron chi connectivity index (χ0n) is 18.9. The van der Waals surface area contributed by atoms with Crippen LogP contribution in [0.15, 0.2) is 30.3 Å². The first kappa shape index (κ1) is 27.1. The first-order valence-corrected chi connectivity index (χ1v) is 10.6. The summed E-state index contributed by atoms with van der Waals surface area (Å²) in [6.45, 7) is 6.29. The lowest BCUT2D eigenvalue weighted by Crippen LogP contribution is -2.59. The van der Waals surface area contributed by atoms with Crippen LogP contribution in [0.5, 0.6) is 0 Å². The van der Waals surface area contributed by atoms with Gasteiger partial charge < -0.3 is 31.9 Å². The molecule has 0 radical (unpaired) electrons. The summed E-state index contributed by atoms with van der Waals surface area (Å²) in [4.78, 5) is 49.3. The van der Waals surface area contributed by atoms with Crippen LogP contribution >= 0.6 is 0 Å². The third-order valence-corrected chi connectivity index (χ3v) is 5.26. The fourth-order valence-electron chi connectivity index (χ4n) is 2.87. The van der Waals surface area contributed by atoms with E-state index in [1.807, 2.05) is 13.0 Å². The summed E-state index contributed by atoms with van der Waals surface area (Å²) in [5.74, 6) is -3.46. The van der Waals surface area contributed by atoms with Crippen molar-refractivity contribution in [3.8, 4) is 0 Å². The molecule has 10 heteroatoms. The first-order chi connectivity index (χ1) is 15.0. The van der Waals surface area contributed by atoms with E-state index in [1.54, 1.807) is 31.2 Å². The van der Waals surface area contributed by atoms with Gasteiger partial charge in [-0.3, -0.25) is 19.2 Å². The van der Waals surface area contributed by atoms with Crippen LogP contribution in [0, 0.1) is 5.92 Å². The molecule has 6 atom stereocenters. The van der Waals surface area contributed by atoms with E-state index in [2.05, 4.69) is 16.0 Å². The van der Waals surface area contributed by atoms with Gasteiger partial charge in [-0.05, 0) is 25.3 Å². The Morgan fingerprint density at radius 1 is 0.938 bits per heavy atom. The van der Waals surface area contributed by atoms with Crippen molar-refractivity contribution in [2.45, 2.75) is 70.8 Å². The Bertz CT molecular complexity index is 786. The van der Waals surface area contributed by atoms with E-state index in [-0.39, 0.29) is 12.3 Å². The van der Waals surface area contributed by atoms with Gasteiger partial charge in [0, 0.05) is 6.42 Å². The molecule has 6 unspecified atom stereocenters. The lowest BCUT2D eigenvalue weighted by Gasteiger charge is -2.28. The summed E-state index contributed by atoms with van der Waals surface area (Å²) < 4.78 is 0. The molecule has 3 amide bonds. The van der Waals surface area contributed by atoms with Gasteiger partial charge in [0.1, 0.15) is 24.2 Å². The Kier molecular flexibility index (Phi) is 10.8. The third kappa shape index (κ3) is 8.27. The molecule has 0 bridgehead atoms. The van der Waals surface area contributed by atoms with Crippen molar-refractivity contribution >= 4 is 23.7 Å². The second-order valence-electron chi connectivity index (χ2n) is 7.96. The van der Waals surface area contributed by atoms with Crippen molar-refractivity contribution in [1.82, 2.24) is 16.0 Å². The van der Waals surface area contributed by atoms with Gasteiger partial charge in [0.2, 0.25) is 17.7 Å². The molecule has 7 N–H and O–H groups in total. The molecule has 1 aromatic rings. The highest BCUT2D eigenvalue weighted by atomic mass is 16.4. The number of rotatable bonds is 12. The minimum Gasteiger partial charge on any atom is -0.480 e. The molecule has 1 rings (SSSR count). The number of aliphatic hydroxyl groups is 1. The topological polar surface area (TPSA) is 171 Å². The molecule has 0 saturated heterocycles. The van der Waals surface area contributed by atoms with Crippen molar-refractivity contribution in [3.63, 3.8) is 0 Å². The van der Waals surface area contributed by atoms with Gasteiger partial charge in [-0.25, -0.2) is 0 Å². The molecular weight excluding hydrogens is 416 g/mol. The molecule has 0 aliphatic rings. The number of nitrogens with one attached hydrogen (secondary N) is 3. The van der Waals surface area contributed by atoms with Crippen molar-refractivity contribution in [3.05, 3.63) is 35.9 Å². The van der Waals surface area contributed by atoms with E-state index in [9.17, 15) is 24.3 Å². The number of aliphatic carboxylic acids is 1. The molecule has 0 fully saturated rings. The average molecular weight is 451 g/mol. The fourth-order valence-corrected chi connectivity index (χ4v) is 2.87. The van der Waals surface area contributed by atoms with E-state index >= 15 is 0 Å². The first-order valence-electron chi connectivity index (χ1n) is 10.6. The van der Waals surface area contributed by atoms with Gasteiger partial charge in [-0.2, -0.15) is 0 Å². The maximum atomic E-state index is 13.1. The summed E-state index contributed by atoms with van der Waals surface area (Å²) in [5, 5.41) is 26.2. The van der Waals surface area contributed by atoms with Crippen molar-refractivity contribution < 1.29 is 29.4 Å². The van der Waals surface area contributed by atoms with Gasteiger partial charge in [0.25, 0.3) is 0 Å². The molecule has 0 aromatic heterocycles. The normalized spacial score (nSPS) is 16.6. The maximum Gasteiger partial charge on any atom is 0.325 e. The van der Waals surface area contributed by atoms with Gasteiger partial charge in [-0.15, -0.1) is 0 Å². The fraction of sp³-hybridized carbons (Fsp3) is 0.545. The number of hydrogen-bond acceptors (Lipinski definition) is 6. The summed E-state index contributed by atoms with van der Waals surface area (Å²) in [7, 11) is 0. The van der Waals surface area contributed by atoms with Crippen LogP contribution in [0.1, 0.15) is 39.7 Å². The number of amides is 3. The highest BCUT2D eigenvalue weighted by Gasteiger charge is 2.32. The average Bonchev–Trinajstić information content (AvgIpc) is 2.75. The predicted molar refractivity (Wildman–Crippen MR) is 118 cm³/mol. The van der Waals surface area contributed by atoms with Gasteiger partial charge in [-0.1, -0.05) is 50.6 Å². The van der Waals surface area contributed by atoms with Crippen LogP contribution in [0.4, 0.5) is 0 Å². The lowest BCUT2D eigenvalue weighted by atomic mass is 9.96. The van der Waals surface area contributed by atoms with Crippen LogP contribution in [0.2, 0.25) is 0 Å². The van der Waals surface area contributed by atoms with Gasteiger partial charge in [0.05, 0.1) is 6.10 Å². The van der Waals surface area contributed by atoms with Crippen molar-refractivity contribution in [1.29, 1.82) is 0 Å². The number of carbonyl (C=O) groups is 4. The minimum atomic E-state index is -1.21. The highest BCUT2D eigenvalue weighted by Crippen LogP contribution is 2.11. The Labute approximate surface area is 187 Å². The van der Waals surface area contributed by atoms with Crippen LogP contribution in [-0.4, -0.2) is 64.2 Å². The molecule has 178 valence electrons. The van der Waals surface area contributed by atoms with Crippen LogP contribution in [0.25, 0.3) is 0 Å². The molecule has 0 aliphatic carbocycles. The van der Waals surface area contributed by atoms with Crippen LogP contribution < -0.4 is 21.7 Å². The van der Waals surface area contributed by atoms with Gasteiger partial charge in [0.15, 0.2) is 0 Å². The summed E-state index contributed by atoms with van der Waals surface area (Å²) >= 11 is 0. The number of benzene rings is 1. The zero-order valence-corrected chi connectivity index (χ0v) is 18.9. The smallest absolute Gasteiger partial charge is 0.325 e. The molecule has 1 aromatic carbocycles. The molecule has 0 aliphatic heterocycles. The van der Waals surface area contributed by atoms with E-state index in [1.165, 1.54) is 13.8 Å².